The molecule has 0 aromatic heterocycles. The quantitative estimate of drug-likeness (QED) is 0.489. The first-order valence-corrected chi connectivity index (χ1v) is 12.7. The van der Waals surface area contributed by atoms with Gasteiger partial charge in [-0.05, 0) is 72.2 Å². The van der Waals surface area contributed by atoms with Crippen LogP contribution in [0.3, 0.4) is 0 Å². The maximum atomic E-state index is 12.9. The van der Waals surface area contributed by atoms with Gasteiger partial charge >= 0.3 is 0 Å². The molecule has 1 aliphatic carbocycles. The molecule has 3 aromatic rings. The number of carbonyl (C=O) groups excluding carboxylic acids is 2. The van der Waals surface area contributed by atoms with Crippen molar-refractivity contribution < 1.29 is 9.59 Å². The molecule has 2 atom stereocenters. The molecule has 1 fully saturated rings. The number of amides is 2. The second-order valence-electron chi connectivity index (χ2n) is 8.72. The summed E-state index contributed by atoms with van der Waals surface area (Å²) in [6, 6.07) is 24.3. The van der Waals surface area contributed by atoms with Gasteiger partial charge < -0.3 is 5.32 Å². The first-order chi connectivity index (χ1) is 16.1. The van der Waals surface area contributed by atoms with Gasteiger partial charge in [-0.25, -0.2) is 0 Å². The van der Waals surface area contributed by atoms with Crippen molar-refractivity contribution in [2.45, 2.75) is 43.9 Å². The molecule has 1 heterocycles. The van der Waals surface area contributed by atoms with E-state index in [1.54, 1.807) is 11.8 Å². The Hall–Kier alpha value is -3.05. The number of fused-ring (bicyclic) bond motifs is 1. The number of hydrogen-bond donors (Lipinski definition) is 1. The first kappa shape index (κ1) is 21.8. The third-order valence-electron chi connectivity index (χ3n) is 6.62. The Morgan fingerprint density at radius 1 is 1.03 bits per heavy atom. The monoisotopic (exact) mass is 456 g/mol. The second-order valence-corrected chi connectivity index (χ2v) is 9.78. The molecule has 168 valence electrons. The van der Waals surface area contributed by atoms with Gasteiger partial charge in [0, 0.05) is 11.4 Å². The summed E-state index contributed by atoms with van der Waals surface area (Å²) in [5, 5.41) is 3.02. The Bertz CT molecular complexity index is 1160. The van der Waals surface area contributed by atoms with E-state index in [0.717, 1.165) is 41.8 Å². The van der Waals surface area contributed by atoms with E-state index >= 15 is 0 Å². The lowest BCUT2D eigenvalue weighted by Gasteiger charge is -2.25. The molecule has 3 aromatic carbocycles. The summed E-state index contributed by atoms with van der Waals surface area (Å²) in [6.07, 6.45) is 4.17. The van der Waals surface area contributed by atoms with Gasteiger partial charge in [0.2, 0.25) is 11.8 Å². The number of nitrogens with zero attached hydrogens (tertiary/aromatic N) is 1. The van der Waals surface area contributed by atoms with E-state index in [9.17, 15) is 9.59 Å². The average molecular weight is 457 g/mol. The zero-order chi connectivity index (χ0) is 22.8. The lowest BCUT2D eigenvalue weighted by molar-refractivity contribution is -0.118. The summed E-state index contributed by atoms with van der Waals surface area (Å²) < 4.78 is 0. The van der Waals surface area contributed by atoms with E-state index < -0.39 is 0 Å². The minimum absolute atomic E-state index is 0.00152. The van der Waals surface area contributed by atoms with Crippen LogP contribution in [0.25, 0.3) is 0 Å². The summed E-state index contributed by atoms with van der Waals surface area (Å²) in [6.45, 7) is 2.03. The van der Waals surface area contributed by atoms with Gasteiger partial charge in [-0.1, -0.05) is 55.5 Å². The SMILES string of the molecule is CC[C@@H](C(=O)Nc1ccc([C@@H]2SCC(=O)N2c2ccc3c(c2)CCC3)cc1)c1ccccc1. The fraction of sp³-hybridized carbons (Fsp3) is 0.286. The molecule has 0 saturated carbocycles. The van der Waals surface area contributed by atoms with Crippen LogP contribution in [0.4, 0.5) is 11.4 Å². The van der Waals surface area contributed by atoms with E-state index in [0.29, 0.717) is 5.75 Å². The number of carbonyl (C=O) groups is 2. The van der Waals surface area contributed by atoms with Crippen LogP contribution in [-0.2, 0) is 22.4 Å². The number of aryl methyl sites for hydroxylation is 2. The molecular formula is C28H28N2O2S. The highest BCUT2D eigenvalue weighted by Crippen LogP contribution is 2.43. The van der Waals surface area contributed by atoms with Crippen LogP contribution in [0.15, 0.2) is 72.8 Å². The molecular weight excluding hydrogens is 428 g/mol. The molecule has 1 N–H and O–H groups in total. The maximum absolute atomic E-state index is 12.9. The van der Waals surface area contributed by atoms with Crippen molar-refractivity contribution in [3.63, 3.8) is 0 Å². The van der Waals surface area contributed by atoms with Crippen molar-refractivity contribution in [3.05, 3.63) is 95.1 Å². The zero-order valence-corrected chi connectivity index (χ0v) is 19.6. The molecule has 2 aliphatic rings. The Labute approximate surface area is 199 Å². The molecule has 1 saturated heterocycles. The van der Waals surface area contributed by atoms with Crippen LogP contribution in [-0.4, -0.2) is 17.6 Å². The van der Waals surface area contributed by atoms with E-state index in [2.05, 4.69) is 23.5 Å². The molecule has 5 heteroatoms. The van der Waals surface area contributed by atoms with E-state index in [1.165, 1.54) is 17.5 Å². The minimum Gasteiger partial charge on any atom is -0.326 e. The Balaban J connectivity index is 1.32. The number of hydrogen-bond acceptors (Lipinski definition) is 3. The number of rotatable bonds is 6. The summed E-state index contributed by atoms with van der Waals surface area (Å²) in [4.78, 5) is 27.6. The van der Waals surface area contributed by atoms with Crippen molar-refractivity contribution in [1.82, 2.24) is 0 Å². The van der Waals surface area contributed by atoms with Gasteiger partial charge in [0.25, 0.3) is 0 Å². The third-order valence-corrected chi connectivity index (χ3v) is 7.83. The highest BCUT2D eigenvalue weighted by molar-refractivity contribution is 8.00. The van der Waals surface area contributed by atoms with Gasteiger partial charge in [-0.2, -0.15) is 0 Å². The molecule has 4 nitrogen and oxygen atoms in total. The van der Waals surface area contributed by atoms with Gasteiger partial charge in [0.05, 0.1) is 11.7 Å². The topological polar surface area (TPSA) is 49.4 Å². The Morgan fingerprint density at radius 3 is 2.55 bits per heavy atom. The van der Waals surface area contributed by atoms with Crippen LogP contribution in [0.5, 0.6) is 0 Å². The van der Waals surface area contributed by atoms with Crippen molar-refractivity contribution >= 4 is 35.0 Å². The first-order valence-electron chi connectivity index (χ1n) is 11.7. The van der Waals surface area contributed by atoms with Crippen LogP contribution >= 0.6 is 11.8 Å². The summed E-state index contributed by atoms with van der Waals surface area (Å²) in [5.74, 6) is 0.454. The fourth-order valence-electron chi connectivity index (χ4n) is 4.88. The van der Waals surface area contributed by atoms with Gasteiger partial charge in [-0.3, -0.25) is 14.5 Å². The molecule has 0 bridgehead atoms. The molecule has 33 heavy (non-hydrogen) atoms. The molecule has 0 radical (unpaired) electrons. The summed E-state index contributed by atoms with van der Waals surface area (Å²) >= 11 is 1.65. The van der Waals surface area contributed by atoms with E-state index in [-0.39, 0.29) is 23.1 Å². The molecule has 0 spiro atoms. The standard InChI is InChI=1S/C28H28N2O2S/c1-2-25(20-7-4-3-5-8-20)27(32)29-23-14-11-21(12-15-23)28-30(26(31)18-33-28)24-16-13-19-9-6-10-22(19)17-24/h3-5,7-8,11-17,25,28H,2,6,9-10,18H2,1H3,(H,29,32)/t25-,28+/m1/s1. The zero-order valence-electron chi connectivity index (χ0n) is 18.8. The maximum Gasteiger partial charge on any atom is 0.238 e. The number of anilines is 2. The predicted molar refractivity (Wildman–Crippen MR) is 136 cm³/mol. The average Bonchev–Trinajstić information content (AvgIpc) is 3.46. The Kier molecular flexibility index (Phi) is 6.23. The van der Waals surface area contributed by atoms with Gasteiger partial charge in [-0.15, -0.1) is 11.8 Å². The summed E-state index contributed by atoms with van der Waals surface area (Å²) in [7, 11) is 0. The predicted octanol–water partition coefficient (Wildman–Crippen LogP) is 6.09. The lowest BCUT2D eigenvalue weighted by atomic mass is 9.95. The molecule has 0 unspecified atom stereocenters. The molecule has 1 aliphatic heterocycles. The normalized spacial score (nSPS) is 18.3. The lowest BCUT2D eigenvalue weighted by Crippen LogP contribution is -2.28. The van der Waals surface area contributed by atoms with E-state index in [1.807, 2.05) is 66.4 Å². The minimum atomic E-state index is -0.177. The largest absolute Gasteiger partial charge is 0.326 e. The number of thioether (sulfide) groups is 1. The number of benzene rings is 3. The van der Waals surface area contributed by atoms with E-state index in [4.69, 9.17) is 0 Å². The smallest absolute Gasteiger partial charge is 0.238 e. The van der Waals surface area contributed by atoms with Crippen LogP contribution in [0.2, 0.25) is 0 Å². The highest BCUT2D eigenvalue weighted by atomic mass is 32.2. The third kappa shape index (κ3) is 4.42. The summed E-state index contributed by atoms with van der Waals surface area (Å²) in [5.41, 5.74) is 6.64. The van der Waals surface area contributed by atoms with Crippen LogP contribution in [0.1, 0.15) is 53.3 Å². The fourth-order valence-corrected chi connectivity index (χ4v) is 6.05. The van der Waals surface area contributed by atoms with Crippen molar-refractivity contribution in [2.24, 2.45) is 0 Å². The Morgan fingerprint density at radius 2 is 1.79 bits per heavy atom. The van der Waals surface area contributed by atoms with Crippen molar-refractivity contribution in [1.29, 1.82) is 0 Å². The number of nitrogens with one attached hydrogen (secondary N) is 1. The van der Waals surface area contributed by atoms with Crippen molar-refractivity contribution in [3.8, 4) is 0 Å². The van der Waals surface area contributed by atoms with Gasteiger partial charge in [0.15, 0.2) is 0 Å². The van der Waals surface area contributed by atoms with Gasteiger partial charge in [0.1, 0.15) is 5.37 Å². The molecule has 2 amide bonds. The molecule has 5 rings (SSSR count). The second kappa shape index (κ2) is 9.44. The van der Waals surface area contributed by atoms with Crippen LogP contribution < -0.4 is 10.2 Å². The highest BCUT2D eigenvalue weighted by Gasteiger charge is 2.34. The van der Waals surface area contributed by atoms with Crippen LogP contribution in [0, 0.1) is 0 Å². The van der Waals surface area contributed by atoms with Crippen molar-refractivity contribution in [2.75, 3.05) is 16.0 Å².